The molecular formula is C18H12ClNO3S. The molecule has 6 heteroatoms. The zero-order valence-electron chi connectivity index (χ0n) is 12.3. The summed E-state index contributed by atoms with van der Waals surface area (Å²) in [5.41, 5.74) is 1.04. The molecule has 2 heterocycles. The fraction of sp³-hybridized carbons (Fsp3) is 0.0556. The van der Waals surface area contributed by atoms with Gasteiger partial charge in [0.1, 0.15) is 11.4 Å². The molecule has 120 valence electrons. The highest BCUT2D eigenvalue weighted by molar-refractivity contribution is 7.19. The van der Waals surface area contributed by atoms with E-state index in [1.54, 1.807) is 30.3 Å². The Morgan fingerprint density at radius 3 is 2.83 bits per heavy atom. The van der Waals surface area contributed by atoms with Crippen LogP contribution in [0.5, 0.6) is 5.75 Å². The van der Waals surface area contributed by atoms with Crippen LogP contribution < -0.4 is 5.32 Å². The standard InChI is InChI=1S/C18H12ClNO3S/c19-15-12-6-1-2-7-14(12)24-16(15)17-20-13(18(22)23-17)9-10-4-3-5-11(21)8-10/h1-9,17,20-21H/b13-9+/t17-/m1/s1. The number of hydrogen-bond donors (Lipinski definition) is 2. The van der Waals surface area contributed by atoms with E-state index in [0.29, 0.717) is 16.3 Å². The molecule has 0 aliphatic carbocycles. The second-order valence-corrected chi connectivity index (χ2v) is 6.82. The Morgan fingerprint density at radius 1 is 1.21 bits per heavy atom. The number of thiophene rings is 1. The lowest BCUT2D eigenvalue weighted by molar-refractivity contribution is -0.139. The maximum absolute atomic E-state index is 12.1. The van der Waals surface area contributed by atoms with Crippen molar-refractivity contribution in [1.82, 2.24) is 5.32 Å². The lowest BCUT2D eigenvalue weighted by atomic mass is 10.2. The van der Waals surface area contributed by atoms with E-state index in [1.807, 2.05) is 24.3 Å². The first-order valence-electron chi connectivity index (χ1n) is 7.27. The van der Waals surface area contributed by atoms with Crippen LogP contribution in [0.25, 0.3) is 16.2 Å². The molecule has 0 saturated carbocycles. The SMILES string of the molecule is O=C1O[C@H](c2sc3ccccc3c2Cl)N/C1=C/c1cccc(O)c1. The number of halogens is 1. The quantitative estimate of drug-likeness (QED) is 0.525. The van der Waals surface area contributed by atoms with Crippen LogP contribution >= 0.6 is 22.9 Å². The van der Waals surface area contributed by atoms with Crippen molar-refractivity contribution in [1.29, 1.82) is 0 Å². The Balaban J connectivity index is 1.67. The minimum absolute atomic E-state index is 0.139. The molecule has 0 bridgehead atoms. The van der Waals surface area contributed by atoms with E-state index in [0.717, 1.165) is 15.0 Å². The summed E-state index contributed by atoms with van der Waals surface area (Å²) in [6.45, 7) is 0. The summed E-state index contributed by atoms with van der Waals surface area (Å²) in [5.74, 6) is -0.309. The van der Waals surface area contributed by atoms with Crippen molar-refractivity contribution in [3.8, 4) is 5.75 Å². The van der Waals surface area contributed by atoms with Gasteiger partial charge in [0, 0.05) is 10.1 Å². The van der Waals surface area contributed by atoms with E-state index in [1.165, 1.54) is 11.3 Å². The first-order valence-corrected chi connectivity index (χ1v) is 8.46. The number of carbonyl (C=O) groups is 1. The number of nitrogens with one attached hydrogen (secondary N) is 1. The number of fused-ring (bicyclic) bond motifs is 1. The molecule has 24 heavy (non-hydrogen) atoms. The van der Waals surface area contributed by atoms with Gasteiger partial charge in [0.25, 0.3) is 0 Å². The predicted octanol–water partition coefficient (Wildman–Crippen LogP) is 4.45. The number of phenolic OH excluding ortho intramolecular Hbond substituents is 1. The number of phenols is 1. The zero-order valence-corrected chi connectivity index (χ0v) is 13.9. The van der Waals surface area contributed by atoms with Gasteiger partial charge in [-0.2, -0.15) is 0 Å². The fourth-order valence-electron chi connectivity index (χ4n) is 2.60. The first-order chi connectivity index (χ1) is 11.6. The topological polar surface area (TPSA) is 58.6 Å². The van der Waals surface area contributed by atoms with Gasteiger partial charge in [0.05, 0.1) is 9.90 Å². The Hall–Kier alpha value is -2.50. The molecule has 4 nitrogen and oxygen atoms in total. The number of benzene rings is 2. The molecular weight excluding hydrogens is 346 g/mol. The van der Waals surface area contributed by atoms with Crippen LogP contribution in [0.4, 0.5) is 0 Å². The minimum atomic E-state index is -0.606. The number of rotatable bonds is 2. The van der Waals surface area contributed by atoms with E-state index in [9.17, 15) is 9.90 Å². The Bertz CT molecular complexity index is 979. The molecule has 4 rings (SSSR count). The highest BCUT2D eigenvalue weighted by atomic mass is 35.5. The molecule has 1 atom stereocenters. The molecule has 3 aromatic rings. The summed E-state index contributed by atoms with van der Waals surface area (Å²) < 4.78 is 6.46. The smallest absolute Gasteiger partial charge is 0.356 e. The van der Waals surface area contributed by atoms with Crippen LogP contribution in [-0.4, -0.2) is 11.1 Å². The zero-order chi connectivity index (χ0) is 16.7. The van der Waals surface area contributed by atoms with Gasteiger partial charge in [0.2, 0.25) is 6.23 Å². The van der Waals surface area contributed by atoms with Crippen molar-refractivity contribution in [2.45, 2.75) is 6.23 Å². The number of cyclic esters (lactones) is 1. The summed E-state index contributed by atoms with van der Waals surface area (Å²) in [6, 6.07) is 14.4. The van der Waals surface area contributed by atoms with Crippen molar-refractivity contribution in [3.63, 3.8) is 0 Å². The van der Waals surface area contributed by atoms with E-state index in [-0.39, 0.29) is 5.75 Å². The second kappa shape index (κ2) is 5.85. The lowest BCUT2D eigenvalue weighted by Crippen LogP contribution is -2.12. The van der Waals surface area contributed by atoms with Crippen molar-refractivity contribution in [2.75, 3.05) is 0 Å². The molecule has 1 aliphatic rings. The highest BCUT2D eigenvalue weighted by Crippen LogP contribution is 2.41. The molecule has 0 radical (unpaired) electrons. The molecule has 0 amide bonds. The fourth-order valence-corrected chi connectivity index (χ4v) is 4.12. The van der Waals surface area contributed by atoms with Gasteiger partial charge in [-0.1, -0.05) is 41.9 Å². The second-order valence-electron chi connectivity index (χ2n) is 5.36. The summed E-state index contributed by atoms with van der Waals surface area (Å²) >= 11 is 7.94. The number of ether oxygens (including phenoxy) is 1. The van der Waals surface area contributed by atoms with Crippen molar-refractivity contribution in [3.05, 3.63) is 69.7 Å². The monoisotopic (exact) mass is 357 g/mol. The molecule has 1 saturated heterocycles. The average molecular weight is 358 g/mol. The maximum atomic E-state index is 12.1. The van der Waals surface area contributed by atoms with E-state index < -0.39 is 12.2 Å². The third-order valence-electron chi connectivity index (χ3n) is 3.71. The lowest BCUT2D eigenvalue weighted by Gasteiger charge is -2.07. The Morgan fingerprint density at radius 2 is 2.04 bits per heavy atom. The largest absolute Gasteiger partial charge is 0.508 e. The van der Waals surface area contributed by atoms with Gasteiger partial charge >= 0.3 is 5.97 Å². The molecule has 1 aromatic heterocycles. The average Bonchev–Trinajstić information content (AvgIpc) is 3.09. The first kappa shape index (κ1) is 15.1. The van der Waals surface area contributed by atoms with E-state index >= 15 is 0 Å². The van der Waals surface area contributed by atoms with Gasteiger partial charge in [-0.25, -0.2) is 4.79 Å². The molecule has 1 fully saturated rings. The maximum Gasteiger partial charge on any atom is 0.356 e. The number of carbonyl (C=O) groups excluding carboxylic acids is 1. The van der Waals surface area contributed by atoms with Gasteiger partial charge in [-0.05, 0) is 29.8 Å². The predicted molar refractivity (Wildman–Crippen MR) is 94.9 cm³/mol. The summed E-state index contributed by atoms with van der Waals surface area (Å²) in [4.78, 5) is 12.9. The van der Waals surface area contributed by atoms with Crippen molar-refractivity contribution < 1.29 is 14.6 Å². The molecule has 2 N–H and O–H groups in total. The number of hydrogen-bond acceptors (Lipinski definition) is 5. The summed E-state index contributed by atoms with van der Waals surface area (Å²) in [7, 11) is 0. The van der Waals surface area contributed by atoms with Crippen molar-refractivity contribution >= 4 is 45.1 Å². The van der Waals surface area contributed by atoms with E-state index in [4.69, 9.17) is 16.3 Å². The minimum Gasteiger partial charge on any atom is -0.508 e. The number of esters is 1. The third kappa shape index (κ3) is 2.62. The van der Waals surface area contributed by atoms with Gasteiger partial charge in [-0.3, -0.25) is 0 Å². The molecule has 2 aromatic carbocycles. The molecule has 1 aliphatic heterocycles. The van der Waals surface area contributed by atoms with Crippen molar-refractivity contribution in [2.24, 2.45) is 0 Å². The van der Waals surface area contributed by atoms with Crippen LogP contribution in [0.1, 0.15) is 16.7 Å². The number of aromatic hydroxyl groups is 1. The van der Waals surface area contributed by atoms with Crippen LogP contribution in [0.3, 0.4) is 0 Å². The normalized spacial score (nSPS) is 18.8. The summed E-state index contributed by atoms with van der Waals surface area (Å²) in [6.07, 6.45) is 1.04. The third-order valence-corrected chi connectivity index (χ3v) is 5.44. The van der Waals surface area contributed by atoms with Gasteiger partial charge in [0.15, 0.2) is 0 Å². The molecule has 0 unspecified atom stereocenters. The van der Waals surface area contributed by atoms with Crippen LogP contribution in [-0.2, 0) is 9.53 Å². The van der Waals surface area contributed by atoms with Crippen LogP contribution in [0, 0.1) is 0 Å². The van der Waals surface area contributed by atoms with E-state index in [2.05, 4.69) is 5.32 Å². The van der Waals surface area contributed by atoms with Crippen LogP contribution in [0.15, 0.2) is 54.2 Å². The Labute approximate surface area is 146 Å². The van der Waals surface area contributed by atoms with Crippen LogP contribution in [0.2, 0.25) is 5.02 Å². The molecule has 0 spiro atoms. The van der Waals surface area contributed by atoms with Gasteiger partial charge in [-0.15, -0.1) is 11.3 Å². The highest BCUT2D eigenvalue weighted by Gasteiger charge is 2.32. The summed E-state index contributed by atoms with van der Waals surface area (Å²) in [5, 5.41) is 14.1. The Kier molecular flexibility index (Phi) is 3.67. The van der Waals surface area contributed by atoms with Gasteiger partial charge < -0.3 is 15.2 Å².